The van der Waals surface area contributed by atoms with Crippen molar-refractivity contribution in [3.63, 3.8) is 0 Å². The predicted molar refractivity (Wildman–Crippen MR) is 93.6 cm³/mol. The smallest absolute Gasteiger partial charge is 0.307 e. The Labute approximate surface area is 141 Å². The van der Waals surface area contributed by atoms with E-state index in [9.17, 15) is 4.79 Å². The Morgan fingerprint density at radius 1 is 1.12 bits per heavy atom. The summed E-state index contributed by atoms with van der Waals surface area (Å²) < 4.78 is 10.8. The van der Waals surface area contributed by atoms with Crippen LogP contribution < -0.4 is 5.32 Å². The number of rotatable bonds is 6. The molecule has 2 aromatic carbocycles. The van der Waals surface area contributed by atoms with E-state index in [1.54, 1.807) is 0 Å². The van der Waals surface area contributed by atoms with Crippen LogP contribution in [0.3, 0.4) is 0 Å². The lowest BCUT2D eigenvalue weighted by Gasteiger charge is -2.21. The van der Waals surface area contributed by atoms with Gasteiger partial charge in [0.05, 0.1) is 19.6 Å². The highest BCUT2D eigenvalue weighted by Gasteiger charge is 2.22. The van der Waals surface area contributed by atoms with Gasteiger partial charge in [0.2, 0.25) is 0 Å². The summed E-state index contributed by atoms with van der Waals surface area (Å²) >= 11 is 0. The molecule has 1 N–H and O–H groups in total. The van der Waals surface area contributed by atoms with Gasteiger partial charge in [-0.1, -0.05) is 48.5 Å². The van der Waals surface area contributed by atoms with Crippen molar-refractivity contribution in [2.45, 2.75) is 25.4 Å². The number of nitrogens with one attached hydrogen (secondary N) is 1. The molecule has 4 nitrogen and oxygen atoms in total. The topological polar surface area (TPSA) is 51.5 Å². The molecule has 3 rings (SSSR count). The van der Waals surface area contributed by atoms with Crippen molar-refractivity contribution in [1.29, 1.82) is 0 Å². The maximum atomic E-state index is 11.8. The number of carbonyl (C=O) groups is 1. The molecule has 2 atom stereocenters. The lowest BCUT2D eigenvalue weighted by molar-refractivity contribution is -0.141. The molecule has 1 aromatic heterocycles. The largest absolute Gasteiger partial charge is 0.469 e. The standard InChI is InChI=1S/C20H21NO3/c1-14(15-8-4-3-5-9-15)21-17(13-20(22)23-2)19-12-16-10-6-7-11-18(16)24-19/h3-12,14,17,21H,13H2,1-2H3. The number of carbonyl (C=O) groups excluding carboxylic acids is 1. The molecule has 0 saturated carbocycles. The van der Waals surface area contributed by atoms with Gasteiger partial charge in [0, 0.05) is 11.4 Å². The van der Waals surface area contributed by atoms with E-state index in [0.717, 1.165) is 22.3 Å². The zero-order valence-electron chi connectivity index (χ0n) is 13.9. The van der Waals surface area contributed by atoms with E-state index < -0.39 is 0 Å². The maximum Gasteiger partial charge on any atom is 0.307 e. The van der Waals surface area contributed by atoms with Crippen molar-refractivity contribution < 1.29 is 13.9 Å². The molecule has 2 unspecified atom stereocenters. The lowest BCUT2D eigenvalue weighted by Crippen LogP contribution is -2.27. The Bertz CT molecular complexity index is 777. The first-order valence-corrected chi connectivity index (χ1v) is 8.03. The van der Waals surface area contributed by atoms with Crippen LogP contribution in [0, 0.1) is 0 Å². The zero-order valence-corrected chi connectivity index (χ0v) is 13.9. The summed E-state index contributed by atoms with van der Waals surface area (Å²) in [5.41, 5.74) is 1.97. The first-order valence-electron chi connectivity index (χ1n) is 8.03. The second-order valence-corrected chi connectivity index (χ2v) is 5.82. The zero-order chi connectivity index (χ0) is 16.9. The first kappa shape index (κ1) is 16.3. The normalized spacial score (nSPS) is 13.6. The maximum absolute atomic E-state index is 11.8. The van der Waals surface area contributed by atoms with Crippen LogP contribution in [-0.4, -0.2) is 13.1 Å². The monoisotopic (exact) mass is 323 g/mol. The SMILES string of the molecule is COC(=O)CC(NC(C)c1ccccc1)c1cc2ccccc2o1. The lowest BCUT2D eigenvalue weighted by atomic mass is 10.0. The first-order chi connectivity index (χ1) is 11.7. The molecule has 124 valence electrons. The van der Waals surface area contributed by atoms with Crippen LogP contribution in [0.5, 0.6) is 0 Å². The molecule has 0 amide bonds. The molecule has 0 radical (unpaired) electrons. The van der Waals surface area contributed by atoms with Gasteiger partial charge < -0.3 is 14.5 Å². The molecule has 1 heterocycles. The highest BCUT2D eigenvalue weighted by molar-refractivity contribution is 5.78. The number of hydrogen-bond donors (Lipinski definition) is 1. The summed E-state index contributed by atoms with van der Waals surface area (Å²) in [5.74, 6) is 0.470. The predicted octanol–water partition coefficient (Wildman–Crippen LogP) is 4.39. The number of esters is 1. The van der Waals surface area contributed by atoms with Crippen LogP contribution in [-0.2, 0) is 9.53 Å². The van der Waals surface area contributed by atoms with Crippen molar-refractivity contribution in [3.05, 3.63) is 72.0 Å². The third-order valence-electron chi connectivity index (χ3n) is 4.14. The number of furan rings is 1. The van der Waals surface area contributed by atoms with E-state index in [0.29, 0.717) is 0 Å². The van der Waals surface area contributed by atoms with Crippen LogP contribution in [0.15, 0.2) is 65.1 Å². The minimum absolute atomic E-state index is 0.0778. The summed E-state index contributed by atoms with van der Waals surface area (Å²) in [7, 11) is 1.40. The van der Waals surface area contributed by atoms with Gasteiger partial charge in [-0.05, 0) is 24.6 Å². The number of para-hydroxylation sites is 1. The molecule has 3 aromatic rings. The highest BCUT2D eigenvalue weighted by atomic mass is 16.5. The van der Waals surface area contributed by atoms with Crippen LogP contribution in [0.2, 0.25) is 0 Å². The highest BCUT2D eigenvalue weighted by Crippen LogP contribution is 2.28. The molecule has 0 aliphatic carbocycles. The van der Waals surface area contributed by atoms with Crippen molar-refractivity contribution in [2.75, 3.05) is 7.11 Å². The van der Waals surface area contributed by atoms with E-state index >= 15 is 0 Å². The minimum Gasteiger partial charge on any atom is -0.469 e. The van der Waals surface area contributed by atoms with Crippen molar-refractivity contribution >= 4 is 16.9 Å². The molecule has 0 aliphatic rings. The van der Waals surface area contributed by atoms with E-state index in [2.05, 4.69) is 24.4 Å². The Kier molecular flexibility index (Phi) is 4.96. The molecular formula is C20H21NO3. The average molecular weight is 323 g/mol. The van der Waals surface area contributed by atoms with E-state index in [-0.39, 0.29) is 24.5 Å². The van der Waals surface area contributed by atoms with Gasteiger partial charge in [0.15, 0.2) is 0 Å². The van der Waals surface area contributed by atoms with Gasteiger partial charge in [0.25, 0.3) is 0 Å². The van der Waals surface area contributed by atoms with Crippen molar-refractivity contribution in [3.8, 4) is 0 Å². The van der Waals surface area contributed by atoms with E-state index in [1.165, 1.54) is 7.11 Å². The van der Waals surface area contributed by atoms with Gasteiger partial charge in [-0.25, -0.2) is 0 Å². The third kappa shape index (κ3) is 3.66. The molecule has 0 aliphatic heterocycles. The molecular weight excluding hydrogens is 302 g/mol. The molecule has 0 fully saturated rings. The Morgan fingerprint density at radius 3 is 2.54 bits per heavy atom. The Morgan fingerprint density at radius 2 is 1.83 bits per heavy atom. The minimum atomic E-state index is -0.270. The van der Waals surface area contributed by atoms with Crippen LogP contribution in [0.25, 0.3) is 11.0 Å². The van der Waals surface area contributed by atoms with Crippen LogP contribution >= 0.6 is 0 Å². The van der Waals surface area contributed by atoms with Gasteiger partial charge >= 0.3 is 5.97 Å². The number of hydrogen-bond acceptors (Lipinski definition) is 4. The fraction of sp³-hybridized carbons (Fsp3) is 0.250. The van der Waals surface area contributed by atoms with Gasteiger partial charge in [-0.3, -0.25) is 4.79 Å². The van der Waals surface area contributed by atoms with E-state index in [4.69, 9.17) is 9.15 Å². The van der Waals surface area contributed by atoms with Crippen molar-refractivity contribution in [1.82, 2.24) is 5.32 Å². The number of methoxy groups -OCH3 is 1. The van der Waals surface area contributed by atoms with Gasteiger partial charge in [-0.2, -0.15) is 0 Å². The van der Waals surface area contributed by atoms with Gasteiger partial charge in [0.1, 0.15) is 11.3 Å². The molecule has 0 bridgehead atoms. The third-order valence-corrected chi connectivity index (χ3v) is 4.14. The summed E-state index contributed by atoms with van der Waals surface area (Å²) in [6.07, 6.45) is 0.216. The second-order valence-electron chi connectivity index (χ2n) is 5.82. The molecule has 4 heteroatoms. The van der Waals surface area contributed by atoms with E-state index in [1.807, 2.05) is 48.5 Å². The van der Waals surface area contributed by atoms with Crippen molar-refractivity contribution in [2.24, 2.45) is 0 Å². The average Bonchev–Trinajstić information content (AvgIpc) is 3.05. The Hall–Kier alpha value is -2.59. The Balaban J connectivity index is 1.86. The fourth-order valence-corrected chi connectivity index (χ4v) is 2.81. The summed E-state index contributed by atoms with van der Waals surface area (Å²) in [6, 6.07) is 19.8. The second kappa shape index (κ2) is 7.32. The number of ether oxygens (including phenoxy) is 1. The fourth-order valence-electron chi connectivity index (χ4n) is 2.81. The van der Waals surface area contributed by atoms with Crippen LogP contribution in [0.4, 0.5) is 0 Å². The van der Waals surface area contributed by atoms with Gasteiger partial charge in [-0.15, -0.1) is 0 Å². The summed E-state index contributed by atoms with van der Waals surface area (Å²) in [5, 5.41) is 4.51. The number of fused-ring (bicyclic) bond motifs is 1. The molecule has 24 heavy (non-hydrogen) atoms. The van der Waals surface area contributed by atoms with Crippen LogP contribution in [0.1, 0.15) is 36.8 Å². The summed E-state index contributed by atoms with van der Waals surface area (Å²) in [6.45, 7) is 2.07. The molecule has 0 spiro atoms. The number of benzene rings is 2. The summed E-state index contributed by atoms with van der Waals surface area (Å²) in [4.78, 5) is 11.8. The quantitative estimate of drug-likeness (QED) is 0.684. The molecule has 0 saturated heterocycles.